The number of hydrogen-bond acceptors (Lipinski definition) is 5. The molecule has 20 heavy (non-hydrogen) atoms. The summed E-state index contributed by atoms with van der Waals surface area (Å²) in [5, 5.41) is 6.39. The molecule has 0 amide bonds. The summed E-state index contributed by atoms with van der Waals surface area (Å²) in [7, 11) is 0. The number of nitrogens with one attached hydrogen (secondary N) is 1. The van der Waals surface area contributed by atoms with Crippen molar-refractivity contribution in [2.45, 2.75) is 39.0 Å². The van der Waals surface area contributed by atoms with Gasteiger partial charge in [0.05, 0.1) is 18.7 Å². The third kappa shape index (κ3) is 4.65. The molecule has 1 aromatic heterocycles. The number of hydrogen-bond donors (Lipinski definition) is 1. The Hall–Kier alpha value is -0.780. The molecular formula is C15H25N3OS. The summed E-state index contributed by atoms with van der Waals surface area (Å²) in [5.41, 5.74) is 1.15. The Kier molecular flexibility index (Phi) is 5.29. The van der Waals surface area contributed by atoms with E-state index in [9.17, 15) is 4.79 Å². The molecule has 0 saturated carbocycles. The van der Waals surface area contributed by atoms with Gasteiger partial charge in [-0.15, -0.1) is 11.3 Å². The smallest absolute Gasteiger partial charge is 0.153 e. The van der Waals surface area contributed by atoms with E-state index in [1.54, 1.807) is 11.3 Å². The molecule has 0 bridgehead atoms. The van der Waals surface area contributed by atoms with Gasteiger partial charge in [-0.25, -0.2) is 4.98 Å². The van der Waals surface area contributed by atoms with Crippen molar-refractivity contribution in [2.24, 2.45) is 0 Å². The van der Waals surface area contributed by atoms with E-state index in [0.717, 1.165) is 43.3 Å². The molecule has 2 heterocycles. The zero-order valence-corrected chi connectivity index (χ0v) is 13.6. The van der Waals surface area contributed by atoms with Gasteiger partial charge < -0.3 is 5.32 Å². The van der Waals surface area contributed by atoms with Crippen LogP contribution < -0.4 is 5.32 Å². The zero-order chi connectivity index (χ0) is 14.6. The molecule has 1 aromatic rings. The van der Waals surface area contributed by atoms with Gasteiger partial charge in [0.15, 0.2) is 5.78 Å². The first-order valence-electron chi connectivity index (χ1n) is 7.35. The van der Waals surface area contributed by atoms with Crippen LogP contribution >= 0.6 is 11.3 Å². The number of carbonyl (C=O) groups excluding carboxylic acids is 1. The summed E-state index contributed by atoms with van der Waals surface area (Å²) in [6.07, 6.45) is 1.60. The Balaban J connectivity index is 1.86. The van der Waals surface area contributed by atoms with Crippen LogP contribution in [0.15, 0.2) is 5.38 Å². The van der Waals surface area contributed by atoms with Crippen molar-refractivity contribution in [3.63, 3.8) is 0 Å². The van der Waals surface area contributed by atoms with E-state index < -0.39 is 0 Å². The Morgan fingerprint density at radius 3 is 2.90 bits per heavy atom. The zero-order valence-electron chi connectivity index (χ0n) is 12.7. The molecule has 112 valence electrons. The predicted molar refractivity (Wildman–Crippen MR) is 83.5 cm³/mol. The van der Waals surface area contributed by atoms with Gasteiger partial charge in [-0.1, -0.05) is 20.8 Å². The predicted octanol–water partition coefficient (Wildman–Crippen LogP) is 1.85. The second-order valence-electron chi connectivity index (χ2n) is 6.47. The van der Waals surface area contributed by atoms with E-state index in [1.807, 2.05) is 0 Å². The van der Waals surface area contributed by atoms with Gasteiger partial charge in [0, 0.05) is 23.9 Å². The topological polar surface area (TPSA) is 45.2 Å². The maximum absolute atomic E-state index is 12.2. The van der Waals surface area contributed by atoms with Crippen LogP contribution in [-0.2, 0) is 16.6 Å². The van der Waals surface area contributed by atoms with Crippen LogP contribution in [0, 0.1) is 0 Å². The molecule has 0 unspecified atom stereocenters. The summed E-state index contributed by atoms with van der Waals surface area (Å²) in [6, 6.07) is 0. The molecule has 1 fully saturated rings. The summed E-state index contributed by atoms with van der Waals surface area (Å²) < 4.78 is 0. The van der Waals surface area contributed by atoms with Crippen LogP contribution in [-0.4, -0.2) is 48.4 Å². The molecule has 1 saturated heterocycles. The second kappa shape index (κ2) is 6.78. The SMILES string of the molecule is CC(C)(C)c1csc(CC(=O)CN2CCCNCC2)n1. The summed E-state index contributed by atoms with van der Waals surface area (Å²) in [6.45, 7) is 11.0. The summed E-state index contributed by atoms with van der Waals surface area (Å²) >= 11 is 1.61. The first-order chi connectivity index (χ1) is 9.45. The molecule has 1 aliphatic rings. The Morgan fingerprint density at radius 2 is 2.20 bits per heavy atom. The average molecular weight is 295 g/mol. The molecule has 0 radical (unpaired) electrons. The van der Waals surface area contributed by atoms with E-state index in [1.165, 1.54) is 0 Å². The first kappa shape index (κ1) is 15.6. The van der Waals surface area contributed by atoms with Gasteiger partial charge >= 0.3 is 0 Å². The number of thiazole rings is 1. The highest BCUT2D eigenvalue weighted by Gasteiger charge is 2.19. The lowest BCUT2D eigenvalue weighted by atomic mass is 9.93. The van der Waals surface area contributed by atoms with Crippen molar-refractivity contribution in [3.05, 3.63) is 16.1 Å². The second-order valence-corrected chi connectivity index (χ2v) is 7.41. The molecule has 4 nitrogen and oxygen atoms in total. The number of rotatable bonds is 4. The maximum atomic E-state index is 12.2. The van der Waals surface area contributed by atoms with Crippen molar-refractivity contribution < 1.29 is 4.79 Å². The molecule has 5 heteroatoms. The third-order valence-corrected chi connectivity index (χ3v) is 4.35. The fraction of sp³-hybridized carbons (Fsp3) is 0.733. The van der Waals surface area contributed by atoms with Crippen LogP contribution in [0.5, 0.6) is 0 Å². The number of aromatic nitrogens is 1. The average Bonchev–Trinajstić information content (AvgIpc) is 2.67. The van der Waals surface area contributed by atoms with E-state index in [-0.39, 0.29) is 11.2 Å². The highest BCUT2D eigenvalue weighted by atomic mass is 32.1. The minimum Gasteiger partial charge on any atom is -0.315 e. The van der Waals surface area contributed by atoms with Gasteiger partial charge in [0.25, 0.3) is 0 Å². The van der Waals surface area contributed by atoms with Gasteiger partial charge in [-0.2, -0.15) is 0 Å². The molecular weight excluding hydrogens is 270 g/mol. The van der Waals surface area contributed by atoms with Crippen LogP contribution in [0.4, 0.5) is 0 Å². The molecule has 0 atom stereocenters. The fourth-order valence-electron chi connectivity index (χ4n) is 2.27. The highest BCUT2D eigenvalue weighted by Crippen LogP contribution is 2.24. The lowest BCUT2D eigenvalue weighted by molar-refractivity contribution is -0.119. The first-order valence-corrected chi connectivity index (χ1v) is 8.23. The van der Waals surface area contributed by atoms with Crippen molar-refractivity contribution in [1.29, 1.82) is 0 Å². The molecule has 1 N–H and O–H groups in total. The highest BCUT2D eigenvalue weighted by molar-refractivity contribution is 7.09. The van der Waals surface area contributed by atoms with Crippen molar-refractivity contribution in [3.8, 4) is 0 Å². The summed E-state index contributed by atoms with van der Waals surface area (Å²) in [5.74, 6) is 0.279. The lowest BCUT2D eigenvalue weighted by Gasteiger charge is -2.18. The quantitative estimate of drug-likeness (QED) is 0.921. The fourth-order valence-corrected chi connectivity index (χ4v) is 3.32. The van der Waals surface area contributed by atoms with E-state index >= 15 is 0 Å². The van der Waals surface area contributed by atoms with E-state index in [4.69, 9.17) is 0 Å². The standard InChI is InChI=1S/C15H25N3OS/c1-15(2,3)13-11-20-14(17-13)9-12(19)10-18-7-4-5-16-6-8-18/h11,16H,4-10H2,1-3H3. The molecule has 2 rings (SSSR count). The Morgan fingerprint density at radius 1 is 1.40 bits per heavy atom. The van der Waals surface area contributed by atoms with Gasteiger partial charge in [-0.05, 0) is 19.5 Å². The van der Waals surface area contributed by atoms with Crippen molar-refractivity contribution in [1.82, 2.24) is 15.2 Å². The van der Waals surface area contributed by atoms with E-state index in [0.29, 0.717) is 13.0 Å². The molecule has 0 aliphatic carbocycles. The molecule has 0 spiro atoms. The van der Waals surface area contributed by atoms with Crippen LogP contribution in [0.2, 0.25) is 0 Å². The minimum absolute atomic E-state index is 0.0637. The number of nitrogens with zero attached hydrogens (tertiary/aromatic N) is 2. The van der Waals surface area contributed by atoms with Crippen LogP contribution in [0.3, 0.4) is 0 Å². The molecule has 1 aliphatic heterocycles. The van der Waals surface area contributed by atoms with Crippen molar-refractivity contribution >= 4 is 17.1 Å². The number of carbonyl (C=O) groups is 1. The monoisotopic (exact) mass is 295 g/mol. The van der Waals surface area contributed by atoms with Gasteiger partial charge in [0.2, 0.25) is 0 Å². The Labute approximate surface area is 125 Å². The van der Waals surface area contributed by atoms with E-state index in [2.05, 4.69) is 41.4 Å². The normalized spacial score (nSPS) is 17.9. The number of Topliss-reactive ketones (excluding diaryl/α,β-unsaturated/α-hetero) is 1. The Bertz CT molecular complexity index is 442. The third-order valence-electron chi connectivity index (χ3n) is 3.50. The maximum Gasteiger partial charge on any atom is 0.153 e. The largest absolute Gasteiger partial charge is 0.315 e. The summed E-state index contributed by atoms with van der Waals surface area (Å²) in [4.78, 5) is 19.0. The van der Waals surface area contributed by atoms with Crippen LogP contribution in [0.25, 0.3) is 0 Å². The number of ketones is 1. The van der Waals surface area contributed by atoms with Crippen LogP contribution in [0.1, 0.15) is 37.9 Å². The van der Waals surface area contributed by atoms with Gasteiger partial charge in [-0.3, -0.25) is 9.69 Å². The van der Waals surface area contributed by atoms with Crippen molar-refractivity contribution in [2.75, 3.05) is 32.7 Å². The van der Waals surface area contributed by atoms with Gasteiger partial charge in [0.1, 0.15) is 5.01 Å². The minimum atomic E-state index is 0.0637. The molecule has 0 aromatic carbocycles. The lowest BCUT2D eigenvalue weighted by Crippen LogP contribution is -2.33.